The van der Waals surface area contributed by atoms with Gasteiger partial charge in [-0.1, -0.05) is 6.92 Å². The maximum atomic E-state index is 5.73. The van der Waals surface area contributed by atoms with E-state index in [1.54, 1.807) is 0 Å². The van der Waals surface area contributed by atoms with Crippen molar-refractivity contribution in [2.45, 2.75) is 51.7 Å². The molecule has 1 nitrogen and oxygen atoms in total. The van der Waals surface area contributed by atoms with Gasteiger partial charge in [0.05, 0.1) is 12.2 Å². The van der Waals surface area contributed by atoms with E-state index in [0.717, 1.165) is 5.88 Å². The summed E-state index contributed by atoms with van der Waals surface area (Å²) in [5.74, 6) is 1.42. The lowest BCUT2D eigenvalue weighted by atomic mass is 10.0. The molecule has 2 heteroatoms. The van der Waals surface area contributed by atoms with E-state index in [9.17, 15) is 0 Å². The van der Waals surface area contributed by atoms with Gasteiger partial charge in [0.25, 0.3) is 0 Å². The van der Waals surface area contributed by atoms with Crippen molar-refractivity contribution in [2.75, 3.05) is 5.88 Å². The first-order chi connectivity index (χ1) is 5.72. The fraction of sp³-hybridized carbons (Fsp3) is 1.00. The summed E-state index contributed by atoms with van der Waals surface area (Å²) in [5.41, 5.74) is 0. The average molecular weight is 191 g/mol. The van der Waals surface area contributed by atoms with E-state index in [4.69, 9.17) is 16.3 Å². The maximum Gasteiger partial charge on any atom is 0.0579 e. The Kier molecular flexibility index (Phi) is 4.38. The summed E-state index contributed by atoms with van der Waals surface area (Å²) < 4.78 is 5.71. The van der Waals surface area contributed by atoms with Crippen molar-refractivity contribution in [1.29, 1.82) is 0 Å². The van der Waals surface area contributed by atoms with Crippen molar-refractivity contribution >= 4 is 11.6 Å². The Balaban J connectivity index is 2.07. The third-order valence-corrected chi connectivity index (χ3v) is 3.09. The molecule has 0 aromatic heterocycles. The summed E-state index contributed by atoms with van der Waals surface area (Å²) in [6, 6.07) is 0. The van der Waals surface area contributed by atoms with E-state index in [2.05, 4.69) is 13.8 Å². The molecule has 12 heavy (non-hydrogen) atoms. The number of hydrogen-bond donors (Lipinski definition) is 0. The second-order valence-electron chi connectivity index (χ2n) is 3.98. The predicted molar refractivity (Wildman–Crippen MR) is 52.7 cm³/mol. The first kappa shape index (κ1) is 10.3. The summed E-state index contributed by atoms with van der Waals surface area (Å²) >= 11 is 5.73. The zero-order valence-electron chi connectivity index (χ0n) is 8.05. The van der Waals surface area contributed by atoms with E-state index >= 15 is 0 Å². The molecular weight excluding hydrogens is 172 g/mol. The molecule has 1 saturated heterocycles. The zero-order valence-corrected chi connectivity index (χ0v) is 8.81. The third-order valence-electron chi connectivity index (χ3n) is 2.56. The highest BCUT2D eigenvalue weighted by molar-refractivity contribution is 6.18. The number of halogens is 1. The van der Waals surface area contributed by atoms with Crippen LogP contribution in [0.5, 0.6) is 0 Å². The molecule has 1 rings (SSSR count). The van der Waals surface area contributed by atoms with Crippen molar-refractivity contribution in [2.24, 2.45) is 5.92 Å². The Labute approximate surface area is 80.4 Å². The molecule has 72 valence electrons. The molecular formula is C10H19ClO. The molecule has 0 spiro atoms. The highest BCUT2D eigenvalue weighted by Crippen LogP contribution is 2.24. The number of hydrogen-bond acceptors (Lipinski definition) is 1. The minimum absolute atomic E-state index is 0.487. The van der Waals surface area contributed by atoms with Crippen molar-refractivity contribution in [3.8, 4) is 0 Å². The minimum atomic E-state index is 0.487. The maximum absolute atomic E-state index is 5.73. The Hall–Kier alpha value is 0.250. The molecule has 0 bridgehead atoms. The van der Waals surface area contributed by atoms with Crippen LogP contribution in [0.1, 0.15) is 39.5 Å². The number of ether oxygens (including phenoxy) is 1. The summed E-state index contributed by atoms with van der Waals surface area (Å²) in [6.07, 6.45) is 5.89. The smallest absolute Gasteiger partial charge is 0.0579 e. The van der Waals surface area contributed by atoms with Crippen LogP contribution in [-0.4, -0.2) is 18.1 Å². The summed E-state index contributed by atoms with van der Waals surface area (Å²) in [6.45, 7) is 4.36. The quantitative estimate of drug-likeness (QED) is 0.619. The van der Waals surface area contributed by atoms with E-state index < -0.39 is 0 Å². The molecule has 0 saturated carbocycles. The molecule has 0 aliphatic carbocycles. The van der Waals surface area contributed by atoms with Crippen LogP contribution in [0.2, 0.25) is 0 Å². The van der Waals surface area contributed by atoms with Gasteiger partial charge in [0.2, 0.25) is 0 Å². The van der Waals surface area contributed by atoms with Gasteiger partial charge in [-0.05, 0) is 38.5 Å². The van der Waals surface area contributed by atoms with Crippen molar-refractivity contribution in [3.63, 3.8) is 0 Å². The Morgan fingerprint density at radius 1 is 1.50 bits per heavy atom. The number of rotatable bonds is 4. The first-order valence-electron chi connectivity index (χ1n) is 4.93. The molecule has 3 atom stereocenters. The van der Waals surface area contributed by atoms with Crippen LogP contribution in [0.25, 0.3) is 0 Å². The van der Waals surface area contributed by atoms with Crippen molar-refractivity contribution in [3.05, 3.63) is 0 Å². The van der Waals surface area contributed by atoms with Gasteiger partial charge in [0.1, 0.15) is 0 Å². The molecule has 1 heterocycles. The van der Waals surface area contributed by atoms with Crippen LogP contribution >= 0.6 is 11.6 Å². The summed E-state index contributed by atoms with van der Waals surface area (Å²) in [7, 11) is 0. The monoisotopic (exact) mass is 190 g/mol. The molecule has 3 unspecified atom stereocenters. The molecule has 0 aromatic rings. The van der Waals surface area contributed by atoms with Crippen LogP contribution in [0.3, 0.4) is 0 Å². The topological polar surface area (TPSA) is 9.23 Å². The van der Waals surface area contributed by atoms with Crippen LogP contribution in [0.15, 0.2) is 0 Å². The van der Waals surface area contributed by atoms with Gasteiger partial charge in [0, 0.05) is 5.88 Å². The van der Waals surface area contributed by atoms with Crippen LogP contribution in [0.4, 0.5) is 0 Å². The molecule has 1 aliphatic rings. The molecule has 0 amide bonds. The fourth-order valence-corrected chi connectivity index (χ4v) is 1.80. The molecule has 1 fully saturated rings. The van der Waals surface area contributed by atoms with Gasteiger partial charge in [-0.2, -0.15) is 0 Å². The van der Waals surface area contributed by atoms with E-state index in [1.165, 1.54) is 25.7 Å². The number of alkyl halides is 1. The highest BCUT2D eigenvalue weighted by atomic mass is 35.5. The second kappa shape index (κ2) is 5.08. The normalized spacial score (nSPS) is 32.2. The van der Waals surface area contributed by atoms with Gasteiger partial charge in [-0.15, -0.1) is 11.6 Å². The molecule has 0 N–H and O–H groups in total. The standard InChI is InChI=1S/C10H19ClO/c1-8(7-11)3-5-10-6-4-9(2)12-10/h8-10H,3-7H2,1-2H3. The fourth-order valence-electron chi connectivity index (χ4n) is 1.65. The predicted octanol–water partition coefficient (Wildman–Crippen LogP) is 3.21. The van der Waals surface area contributed by atoms with Gasteiger partial charge >= 0.3 is 0 Å². The molecule has 0 aromatic carbocycles. The Morgan fingerprint density at radius 2 is 2.25 bits per heavy atom. The van der Waals surface area contributed by atoms with Crippen molar-refractivity contribution in [1.82, 2.24) is 0 Å². The highest BCUT2D eigenvalue weighted by Gasteiger charge is 2.21. The van der Waals surface area contributed by atoms with Gasteiger partial charge < -0.3 is 4.74 Å². The zero-order chi connectivity index (χ0) is 8.97. The SMILES string of the molecule is CC(CCl)CCC1CCC(C)O1. The summed E-state index contributed by atoms with van der Waals surface area (Å²) in [5, 5.41) is 0. The van der Waals surface area contributed by atoms with Crippen LogP contribution in [-0.2, 0) is 4.74 Å². The van der Waals surface area contributed by atoms with E-state index in [0.29, 0.717) is 18.1 Å². The van der Waals surface area contributed by atoms with Crippen LogP contribution < -0.4 is 0 Å². The first-order valence-corrected chi connectivity index (χ1v) is 5.47. The van der Waals surface area contributed by atoms with E-state index in [1.807, 2.05) is 0 Å². The Bertz CT molecular complexity index is 127. The van der Waals surface area contributed by atoms with Crippen LogP contribution in [0, 0.1) is 5.92 Å². The molecule has 0 radical (unpaired) electrons. The van der Waals surface area contributed by atoms with Gasteiger partial charge in [-0.3, -0.25) is 0 Å². The van der Waals surface area contributed by atoms with E-state index in [-0.39, 0.29) is 0 Å². The van der Waals surface area contributed by atoms with Gasteiger partial charge in [-0.25, -0.2) is 0 Å². The summed E-state index contributed by atoms with van der Waals surface area (Å²) in [4.78, 5) is 0. The average Bonchev–Trinajstić information content (AvgIpc) is 2.47. The minimum Gasteiger partial charge on any atom is -0.375 e. The van der Waals surface area contributed by atoms with Gasteiger partial charge in [0.15, 0.2) is 0 Å². The Morgan fingerprint density at radius 3 is 2.75 bits per heavy atom. The lowest BCUT2D eigenvalue weighted by Crippen LogP contribution is -2.10. The lowest BCUT2D eigenvalue weighted by molar-refractivity contribution is 0.0479. The second-order valence-corrected chi connectivity index (χ2v) is 4.29. The largest absolute Gasteiger partial charge is 0.375 e. The molecule has 1 aliphatic heterocycles. The third kappa shape index (κ3) is 3.32. The lowest BCUT2D eigenvalue weighted by Gasteiger charge is -2.13. The van der Waals surface area contributed by atoms with Crippen molar-refractivity contribution < 1.29 is 4.74 Å².